The Balaban J connectivity index is 2.51. The molecule has 1 aromatic carbocycles. The van der Waals surface area contributed by atoms with E-state index in [-0.39, 0.29) is 28.5 Å². The smallest absolute Gasteiger partial charge is 0.324 e. The van der Waals surface area contributed by atoms with E-state index in [1.165, 1.54) is 24.8 Å². The molecule has 0 saturated heterocycles. The molecule has 0 aliphatic carbocycles. The Kier molecular flexibility index (Phi) is 3.67. The van der Waals surface area contributed by atoms with Crippen LogP contribution in [0.4, 0.5) is 0 Å². The molecule has 0 atom stereocenters. The quantitative estimate of drug-likeness (QED) is 0.739. The van der Waals surface area contributed by atoms with Crippen molar-refractivity contribution in [3.8, 4) is 11.8 Å². The second kappa shape index (κ2) is 5.58. The Morgan fingerprint density at radius 1 is 0.895 bits per heavy atom. The molecule has 7 nitrogen and oxygen atoms in total. The van der Waals surface area contributed by atoms with E-state index in [0.717, 1.165) is 0 Å². The zero-order valence-electron chi connectivity index (χ0n) is 9.52. The Morgan fingerprint density at radius 2 is 1.47 bits per heavy atom. The van der Waals surface area contributed by atoms with Crippen LogP contribution in [-0.2, 0) is 0 Å². The first-order chi connectivity index (χ1) is 9.28. The largest absolute Gasteiger partial charge is 0.423 e. The third kappa shape index (κ3) is 2.65. The molecule has 1 aromatic heterocycles. The number of aromatic nitrogens is 3. The highest BCUT2D eigenvalue weighted by atomic mass is 16.5. The minimum absolute atomic E-state index is 0.00167. The fourth-order valence-corrected chi connectivity index (χ4v) is 1.43. The van der Waals surface area contributed by atoms with Gasteiger partial charge in [-0.05, 0) is 12.1 Å². The molecule has 2 rings (SSSR count). The summed E-state index contributed by atoms with van der Waals surface area (Å²) in [6, 6.07) is 2.56. The van der Waals surface area contributed by atoms with Crippen LogP contribution in [0.3, 0.4) is 0 Å². The number of ether oxygens (including phenoxy) is 1. The van der Waals surface area contributed by atoms with E-state index in [1.54, 1.807) is 0 Å². The summed E-state index contributed by atoms with van der Waals surface area (Å²) in [4.78, 5) is 43.7. The summed E-state index contributed by atoms with van der Waals surface area (Å²) >= 11 is 0. The molecule has 7 heteroatoms. The number of hydrogen-bond acceptors (Lipinski definition) is 7. The van der Waals surface area contributed by atoms with E-state index in [9.17, 15) is 14.4 Å². The predicted octanol–water partition coefficient (Wildman–Crippen LogP) is 1.10. The highest BCUT2D eigenvalue weighted by Gasteiger charge is 2.13. The van der Waals surface area contributed by atoms with Crippen molar-refractivity contribution in [2.45, 2.75) is 0 Å². The van der Waals surface area contributed by atoms with Gasteiger partial charge in [-0.15, -0.1) is 0 Å². The number of nitrogens with zero attached hydrogens (tertiary/aromatic N) is 3. The highest BCUT2D eigenvalue weighted by Crippen LogP contribution is 2.26. The minimum Gasteiger partial charge on any atom is -0.423 e. The Hall–Kier alpha value is -2.96. The van der Waals surface area contributed by atoms with Gasteiger partial charge in [0.15, 0.2) is 18.3 Å². The van der Waals surface area contributed by atoms with Gasteiger partial charge in [-0.2, -0.15) is 9.97 Å². The van der Waals surface area contributed by atoms with Gasteiger partial charge in [0.05, 0.1) is 11.1 Å². The van der Waals surface area contributed by atoms with E-state index in [4.69, 9.17) is 4.74 Å². The SMILES string of the molecule is O=Cc1cc(C=O)c(Oc2ncncn2)c(C=O)c1. The van der Waals surface area contributed by atoms with Gasteiger partial charge in [-0.3, -0.25) is 14.4 Å². The van der Waals surface area contributed by atoms with Crippen molar-refractivity contribution in [2.75, 3.05) is 0 Å². The van der Waals surface area contributed by atoms with Crippen molar-refractivity contribution in [1.82, 2.24) is 15.0 Å². The van der Waals surface area contributed by atoms with E-state index in [1.807, 2.05) is 0 Å². The van der Waals surface area contributed by atoms with Crippen LogP contribution in [0.15, 0.2) is 24.8 Å². The fraction of sp³-hybridized carbons (Fsp3) is 0. The molecule has 94 valence electrons. The molecule has 1 heterocycles. The minimum atomic E-state index is -0.0555. The normalized spacial score (nSPS) is 9.68. The van der Waals surface area contributed by atoms with E-state index in [0.29, 0.717) is 18.9 Å². The van der Waals surface area contributed by atoms with Crippen LogP contribution in [-0.4, -0.2) is 33.8 Å². The van der Waals surface area contributed by atoms with Crippen molar-refractivity contribution in [2.24, 2.45) is 0 Å². The molecule has 0 N–H and O–H groups in total. The van der Waals surface area contributed by atoms with Gasteiger partial charge in [-0.25, -0.2) is 4.98 Å². The first-order valence-corrected chi connectivity index (χ1v) is 5.12. The topological polar surface area (TPSA) is 99.1 Å². The molecule has 0 radical (unpaired) electrons. The van der Waals surface area contributed by atoms with Crippen molar-refractivity contribution in [3.05, 3.63) is 41.5 Å². The lowest BCUT2D eigenvalue weighted by Gasteiger charge is -2.08. The molecule has 0 fully saturated rings. The molecule has 0 amide bonds. The van der Waals surface area contributed by atoms with Gasteiger partial charge in [0.2, 0.25) is 0 Å². The van der Waals surface area contributed by atoms with Crippen LogP contribution in [0.5, 0.6) is 11.8 Å². The Bertz CT molecular complexity index is 599. The lowest BCUT2D eigenvalue weighted by Crippen LogP contribution is -2.00. The number of aldehydes is 3. The zero-order chi connectivity index (χ0) is 13.7. The van der Waals surface area contributed by atoms with Crippen LogP contribution < -0.4 is 4.74 Å². The van der Waals surface area contributed by atoms with Crippen molar-refractivity contribution >= 4 is 18.9 Å². The van der Waals surface area contributed by atoms with Gasteiger partial charge < -0.3 is 4.74 Å². The lowest BCUT2D eigenvalue weighted by atomic mass is 10.1. The lowest BCUT2D eigenvalue weighted by molar-refractivity contribution is 0.111. The molecule has 0 unspecified atom stereocenters. The molecule has 2 aromatic rings. The van der Waals surface area contributed by atoms with Gasteiger partial charge in [0.1, 0.15) is 18.9 Å². The van der Waals surface area contributed by atoms with Gasteiger partial charge in [-0.1, -0.05) is 0 Å². The maximum atomic E-state index is 11.0. The molecule has 0 saturated carbocycles. The standard InChI is InChI=1S/C12H7N3O4/c16-3-8-1-9(4-17)11(10(2-8)5-18)19-12-14-6-13-7-15-12/h1-7H. The van der Waals surface area contributed by atoms with E-state index in [2.05, 4.69) is 15.0 Å². The number of carbonyl (C=O) groups excluding carboxylic acids is 3. The maximum Gasteiger partial charge on any atom is 0.324 e. The second-order valence-corrected chi connectivity index (χ2v) is 3.40. The third-order valence-electron chi connectivity index (χ3n) is 2.22. The molecule has 0 aliphatic rings. The Morgan fingerprint density at radius 3 is 1.95 bits per heavy atom. The second-order valence-electron chi connectivity index (χ2n) is 3.40. The maximum absolute atomic E-state index is 11.0. The monoisotopic (exact) mass is 257 g/mol. The van der Waals surface area contributed by atoms with E-state index < -0.39 is 0 Å². The summed E-state index contributed by atoms with van der Waals surface area (Å²) < 4.78 is 5.28. The Labute approximate surface area is 107 Å². The summed E-state index contributed by atoms with van der Waals surface area (Å²) in [5.41, 5.74) is 0.325. The number of carbonyl (C=O) groups is 3. The van der Waals surface area contributed by atoms with Crippen LogP contribution in [0.25, 0.3) is 0 Å². The third-order valence-corrected chi connectivity index (χ3v) is 2.22. The zero-order valence-corrected chi connectivity index (χ0v) is 9.52. The molecular weight excluding hydrogens is 250 g/mol. The van der Waals surface area contributed by atoms with Crippen LogP contribution >= 0.6 is 0 Å². The van der Waals surface area contributed by atoms with Gasteiger partial charge in [0.25, 0.3) is 0 Å². The van der Waals surface area contributed by atoms with E-state index >= 15 is 0 Å². The predicted molar refractivity (Wildman–Crippen MR) is 62.5 cm³/mol. The molecule has 0 aliphatic heterocycles. The van der Waals surface area contributed by atoms with Gasteiger partial charge >= 0.3 is 6.01 Å². The summed E-state index contributed by atoms with van der Waals surface area (Å²) in [6.45, 7) is 0. The summed E-state index contributed by atoms with van der Waals surface area (Å²) in [7, 11) is 0. The molecule has 19 heavy (non-hydrogen) atoms. The number of rotatable bonds is 5. The average molecular weight is 257 g/mol. The van der Waals surface area contributed by atoms with Crippen LogP contribution in [0.2, 0.25) is 0 Å². The highest BCUT2D eigenvalue weighted by molar-refractivity contribution is 5.92. The fourth-order valence-electron chi connectivity index (χ4n) is 1.43. The van der Waals surface area contributed by atoms with Crippen molar-refractivity contribution in [3.63, 3.8) is 0 Å². The van der Waals surface area contributed by atoms with Crippen LogP contribution in [0, 0.1) is 0 Å². The number of benzene rings is 1. The van der Waals surface area contributed by atoms with Crippen molar-refractivity contribution in [1.29, 1.82) is 0 Å². The van der Waals surface area contributed by atoms with Crippen LogP contribution in [0.1, 0.15) is 31.1 Å². The number of hydrogen-bond donors (Lipinski definition) is 0. The average Bonchev–Trinajstić information content (AvgIpc) is 2.48. The summed E-state index contributed by atoms with van der Waals surface area (Å²) in [5.74, 6) is 0.00167. The van der Waals surface area contributed by atoms with Crippen molar-refractivity contribution < 1.29 is 19.1 Å². The summed E-state index contributed by atoms with van der Waals surface area (Å²) in [6.07, 6.45) is 3.92. The summed E-state index contributed by atoms with van der Waals surface area (Å²) in [5, 5.41) is 0. The first kappa shape index (κ1) is 12.5. The molecular formula is C12H7N3O4. The molecule has 0 spiro atoms. The van der Waals surface area contributed by atoms with Gasteiger partial charge in [0, 0.05) is 5.56 Å². The molecule has 0 bridgehead atoms. The first-order valence-electron chi connectivity index (χ1n) is 5.12.